The molecule has 23 atom stereocenters. The molecule has 0 spiro atoms. The molecule has 0 aliphatic carbocycles. The number of fused-ring (bicyclic) bond motifs is 15. The number of aliphatic hydroxyl groups excluding tert-OH is 9. The van der Waals surface area contributed by atoms with Gasteiger partial charge >= 0.3 is 5.97 Å². The summed E-state index contributed by atoms with van der Waals surface area (Å²) in [6.45, 7) is 4.78. The van der Waals surface area contributed by atoms with Crippen LogP contribution in [0.4, 0.5) is 0 Å². The number of carbonyl (C=O) groups is 8. The molecule has 7 amide bonds. The molecule has 40 nitrogen and oxygen atoms in total. The number of carboxylic acids is 1. The largest absolute Gasteiger partial charge is 0.508 e. The molecular weight excluding hydrogens is 1600 g/mol. The number of H-pyrrole nitrogens is 1. The van der Waals surface area contributed by atoms with Gasteiger partial charge in [-0.05, 0) is 110 Å². The van der Waals surface area contributed by atoms with Crippen molar-refractivity contribution in [3.8, 4) is 57.1 Å². The number of likely N-dealkylation sites (N-methyl/N-ethyl adjacent to an activating group) is 1. The van der Waals surface area contributed by atoms with Crippen molar-refractivity contribution in [3.63, 3.8) is 0 Å². The number of nitrogens with two attached hydrogens (primary N) is 1. The Balaban J connectivity index is 1.09. The quantitative estimate of drug-likeness (QED) is 0.0438. The lowest BCUT2D eigenvalue weighted by atomic mass is 9.85. The third-order valence-corrected chi connectivity index (χ3v) is 21.7. The molecule has 5 aromatic carbocycles. The smallest absolute Gasteiger partial charge is 0.330 e. The van der Waals surface area contributed by atoms with Crippen LogP contribution in [0, 0.1) is 5.92 Å². The van der Waals surface area contributed by atoms with Gasteiger partial charge in [-0.25, -0.2) is 9.78 Å². The zero-order chi connectivity index (χ0) is 85.4. The molecule has 8 aliphatic rings. The Morgan fingerprint density at radius 2 is 1.31 bits per heavy atom. The fourth-order valence-corrected chi connectivity index (χ4v) is 15.3. The van der Waals surface area contributed by atoms with Gasteiger partial charge in [0.15, 0.2) is 30.1 Å². The predicted octanol–water partition coefficient (Wildman–Crippen LogP) is -1.52. The van der Waals surface area contributed by atoms with E-state index in [9.17, 15) is 80.8 Å². The summed E-state index contributed by atoms with van der Waals surface area (Å²) in [7, 11) is 1.46. The van der Waals surface area contributed by atoms with Crippen LogP contribution in [-0.2, 0) is 68.6 Å². The maximum atomic E-state index is 16.4. The number of aliphatic hydroxyl groups is 9. The van der Waals surface area contributed by atoms with Gasteiger partial charge in [-0.15, -0.1) is 0 Å². The number of carboxylic acid groups (broad SMARTS) is 1. The van der Waals surface area contributed by atoms with E-state index < -0.39 is 291 Å². The molecule has 24 N–H and O–H groups in total. The SMILES string of the molecule is CN[C@H](CC(C)C)C(=O)N[C@H]1C(=O)N[C@@H](CC(N)=O)C(=O)N[C@H]2C(=O)N[C@H]3C(=O)N[C@H](C(=O)N[C@@H](C(=O)O)c4cc(O)cc(O)c4-c4cc3ccc4O)[C@H](OC3C[C@](C)(NCc4cnc[nH]4)[C@@H](O)[C@H](C)O3)c3ccc(c(Cl)c3)Oc3cc2cc(c3O[C@@H]2O[C@H](CO)[C@@H](O[C@@H]3O[C@H](CO)[C@H](O)[C@H](O)[C@H]3O)[C@H](O)[C@H]2O)Oc2ccc(cc2Cl)[C@H]1O. The zero-order valence-electron chi connectivity index (χ0n) is 63.3. The summed E-state index contributed by atoms with van der Waals surface area (Å²) in [5, 5.41) is 168. The molecule has 42 heteroatoms. The minimum atomic E-state index is -2.43. The van der Waals surface area contributed by atoms with E-state index in [1.165, 1.54) is 38.6 Å². The lowest BCUT2D eigenvalue weighted by Gasteiger charge is -2.46. The first-order valence-corrected chi connectivity index (χ1v) is 37.9. The van der Waals surface area contributed by atoms with Crippen molar-refractivity contribution in [2.75, 3.05) is 20.3 Å². The summed E-state index contributed by atoms with van der Waals surface area (Å²) in [4.78, 5) is 127. The molecule has 0 radical (unpaired) electrons. The van der Waals surface area contributed by atoms with Crippen molar-refractivity contribution in [2.45, 2.75) is 193 Å². The maximum absolute atomic E-state index is 16.4. The van der Waals surface area contributed by atoms with E-state index in [0.29, 0.717) is 5.69 Å². The molecule has 3 fully saturated rings. The van der Waals surface area contributed by atoms with Crippen molar-refractivity contribution in [2.24, 2.45) is 11.7 Å². The minimum Gasteiger partial charge on any atom is -0.508 e. The number of rotatable bonds is 19. The summed E-state index contributed by atoms with van der Waals surface area (Å²) in [5.74, 6) is -16.7. The van der Waals surface area contributed by atoms with Gasteiger partial charge in [-0.2, -0.15) is 0 Å². The summed E-state index contributed by atoms with van der Waals surface area (Å²) < 4.78 is 50.5. The highest BCUT2D eigenvalue weighted by atomic mass is 35.5. The second kappa shape index (κ2) is 36.2. The van der Waals surface area contributed by atoms with Gasteiger partial charge in [0.25, 0.3) is 0 Å². The van der Waals surface area contributed by atoms with E-state index in [-0.39, 0.29) is 36.4 Å². The Morgan fingerprint density at radius 3 is 1.93 bits per heavy atom. The number of hydrogen-bond donors (Lipinski definition) is 23. The molecule has 1 aromatic heterocycles. The summed E-state index contributed by atoms with van der Waals surface area (Å²) in [6, 6.07) is -1.07. The normalized spacial score (nSPS) is 30.9. The van der Waals surface area contributed by atoms with E-state index >= 15 is 24.0 Å². The second-order valence-corrected chi connectivity index (χ2v) is 30.7. The van der Waals surface area contributed by atoms with Crippen LogP contribution in [0.3, 0.4) is 0 Å². The van der Waals surface area contributed by atoms with E-state index in [0.717, 1.165) is 66.7 Å². The van der Waals surface area contributed by atoms with E-state index in [2.05, 4.69) is 52.5 Å². The van der Waals surface area contributed by atoms with Crippen LogP contribution in [-0.4, -0.2) is 254 Å². The lowest BCUT2D eigenvalue weighted by molar-refractivity contribution is -0.352. The minimum absolute atomic E-state index is 0.0786. The van der Waals surface area contributed by atoms with Crippen molar-refractivity contribution < 1.29 is 143 Å². The first-order chi connectivity index (χ1) is 56.0. The number of aromatic hydroxyl groups is 3. The van der Waals surface area contributed by atoms with E-state index in [1.807, 2.05) is 0 Å². The van der Waals surface area contributed by atoms with E-state index in [4.69, 9.17) is 66.8 Å². The average Bonchev–Trinajstić information content (AvgIpc) is 1.07. The van der Waals surface area contributed by atoms with Crippen LogP contribution in [0.5, 0.6) is 46.0 Å². The lowest BCUT2D eigenvalue weighted by Crippen LogP contribution is -2.65. The highest BCUT2D eigenvalue weighted by Gasteiger charge is 2.53. The molecule has 14 rings (SSSR count). The second-order valence-electron chi connectivity index (χ2n) is 29.9. The Morgan fingerprint density at radius 1 is 0.678 bits per heavy atom. The number of benzene rings is 5. The molecule has 118 heavy (non-hydrogen) atoms. The molecule has 8 aliphatic heterocycles. The average molecular weight is 1690 g/mol. The van der Waals surface area contributed by atoms with Crippen LogP contribution in [0.1, 0.15) is 111 Å². The van der Waals surface area contributed by atoms with Gasteiger partial charge in [0.1, 0.15) is 120 Å². The number of aromatic amines is 1. The van der Waals surface area contributed by atoms with Crippen LogP contribution in [0.25, 0.3) is 11.1 Å². The first kappa shape index (κ1) is 87.1. The number of phenols is 3. The summed E-state index contributed by atoms with van der Waals surface area (Å²) in [6.07, 6.45) is -26.6. The van der Waals surface area contributed by atoms with Crippen molar-refractivity contribution >= 4 is 70.5 Å². The fourth-order valence-electron chi connectivity index (χ4n) is 14.8. The fraction of sp³-hybridized carbons (Fsp3) is 0.461. The van der Waals surface area contributed by atoms with Gasteiger partial charge in [-0.3, -0.25) is 33.6 Å². The van der Waals surface area contributed by atoms with Gasteiger partial charge in [-0.1, -0.05) is 55.2 Å². The number of phenolic OH excluding ortho intramolecular Hbond substituents is 3. The number of ether oxygens (including phenoxy) is 8. The zero-order valence-corrected chi connectivity index (χ0v) is 64.8. The van der Waals surface area contributed by atoms with Gasteiger partial charge in [0.05, 0.1) is 54.3 Å². The summed E-state index contributed by atoms with van der Waals surface area (Å²) in [5.41, 5.74) is 2.05. The van der Waals surface area contributed by atoms with Crippen LogP contribution >= 0.6 is 23.2 Å². The molecule has 11 bridgehead atoms. The number of nitrogens with zero attached hydrogens (tertiary/aromatic N) is 1. The van der Waals surface area contributed by atoms with Gasteiger partial charge in [0.2, 0.25) is 53.4 Å². The predicted molar refractivity (Wildman–Crippen MR) is 403 cm³/mol. The van der Waals surface area contributed by atoms with Crippen LogP contribution in [0.15, 0.2) is 91.4 Å². The highest BCUT2D eigenvalue weighted by molar-refractivity contribution is 6.32. The maximum Gasteiger partial charge on any atom is 0.330 e. The Kier molecular flexibility index (Phi) is 26.7. The summed E-state index contributed by atoms with van der Waals surface area (Å²) >= 11 is 14.5. The Bertz CT molecular complexity index is 4760. The number of amides is 7. The number of aliphatic carboxylic acids is 1. The number of primary amides is 1. The molecule has 0 saturated carbocycles. The number of aromatic nitrogens is 2. The third-order valence-electron chi connectivity index (χ3n) is 21.1. The molecule has 6 aromatic rings. The number of imidazole rings is 1. The monoisotopic (exact) mass is 1690 g/mol. The topological polar surface area (TPSA) is 624 Å². The molecule has 3 saturated heterocycles. The number of nitrogens with one attached hydrogen (secondary N) is 9. The highest BCUT2D eigenvalue weighted by Crippen LogP contribution is 2.50. The molecular formula is C76H89Cl2N11O29. The van der Waals surface area contributed by atoms with Gasteiger partial charge in [0, 0.05) is 53.2 Å². The number of halogens is 2. The molecule has 636 valence electrons. The first-order valence-electron chi connectivity index (χ1n) is 37.2. The number of hydrogen-bond acceptors (Lipinski definition) is 31. The molecule has 1 unspecified atom stereocenters. The van der Waals surface area contributed by atoms with Crippen molar-refractivity contribution in [3.05, 3.63) is 135 Å². The van der Waals surface area contributed by atoms with Crippen molar-refractivity contribution in [1.82, 2.24) is 52.5 Å². The van der Waals surface area contributed by atoms with Crippen LogP contribution in [0.2, 0.25) is 10.0 Å². The van der Waals surface area contributed by atoms with Gasteiger partial charge < -0.3 is 158 Å². The van der Waals surface area contributed by atoms with E-state index in [1.54, 1.807) is 20.8 Å². The Labute approximate surface area is 680 Å². The third kappa shape index (κ3) is 18.5. The van der Waals surface area contributed by atoms with Crippen molar-refractivity contribution in [1.29, 1.82) is 0 Å². The van der Waals surface area contributed by atoms with Crippen LogP contribution < -0.4 is 62.5 Å². The molecule has 9 heterocycles. The Hall–Kier alpha value is -10.2. The standard InChI is InChI=1S/C76H89Cl2N11O29/c1-27(2)12-39(80-5)67(103)88-55-57(96)30-7-10-43(37(77)14-30)112-45-16-32-17-46(64(45)117-75-62(101)60(99)65(48(25-91)115-75)118-74-61(100)59(98)58(97)47(24-90)114-74)113-44-11-8-31(15-38(44)78)63(116-50-21-76(4,66(102)28(3)111-50)83-23-33-22-81-26-82-33)56-72(108)87-54(73(109)110)36-18-34(92)19-42(94)51(36)35-13-29(6-9-41(35)93)52(69(105)89-56)86-70(106)53(32)85-68(104)40(20-49(79)95)84-71(55)107/h6-11,13-19,22,26-28,39-40,47-48,50,52-63,65-66,74-75,80,83,90-94,96-102H,12,20-21,23-25H2,1-5H3,(H2,79,95)(H,81,82)(H,84,107)(H,85,104)(H,86,106)(H,87,108)(H,88,103)(H,89,105)(H,109,110)/t28-,39+,40-,47+,48+,50?,52+,53+,54+,55+,56-,57+,58-,59-,60+,61+,62+,63+,65+,66-,74-,75-,76-/m0/s1. The number of carbonyl (C=O) groups excluding carboxylic acids is 7.